The Morgan fingerprint density at radius 3 is 0.259 bits per heavy atom. The summed E-state index contributed by atoms with van der Waals surface area (Å²) < 4.78 is 106. The molecule has 16 rings (SSSR count). The van der Waals surface area contributed by atoms with Gasteiger partial charge in [-0.15, -0.1) is 0 Å². The first-order valence-corrected chi connectivity index (χ1v) is 38.6. The van der Waals surface area contributed by atoms with Crippen molar-refractivity contribution in [3.63, 3.8) is 0 Å². The fraction of sp³-hybridized carbons (Fsp3) is 0.535. The van der Waals surface area contributed by atoms with Gasteiger partial charge in [0.05, 0.1) is 264 Å². The zero-order chi connectivity index (χ0) is 72.9. The minimum atomic E-state index is 0. The summed E-state index contributed by atoms with van der Waals surface area (Å²) in [6, 6.07) is 45.2. The molecular weight excluding hydrogens is 1520 g/mol. The van der Waals surface area contributed by atoms with E-state index in [-0.39, 0.29) is 116 Å². The van der Waals surface area contributed by atoms with Gasteiger partial charge in [0.25, 0.3) is 0 Å². The van der Waals surface area contributed by atoms with Crippen molar-refractivity contribution in [2.24, 2.45) is 0 Å². The Bertz CT molecular complexity index is 2970. The van der Waals surface area contributed by atoms with Gasteiger partial charge in [0.1, 0.15) is 0 Å². The Hall–Kier alpha value is -2.39. The second kappa shape index (κ2) is 56.0. The first-order chi connectivity index (χ1) is 52.7. The van der Waals surface area contributed by atoms with Crippen molar-refractivity contribution < 1.29 is 94.7 Å². The minimum absolute atomic E-state index is 0. The molecule has 4 heterocycles. The van der Waals surface area contributed by atoms with E-state index in [9.17, 15) is 0 Å². The van der Waals surface area contributed by atoms with Gasteiger partial charge < -0.3 is 94.7 Å². The third kappa shape index (κ3) is 30.0. The molecule has 0 aliphatic carbocycles. The van der Waals surface area contributed by atoms with E-state index in [1.165, 1.54) is 133 Å². The molecule has 0 saturated carbocycles. The van der Waals surface area contributed by atoms with Crippen LogP contribution in [0.15, 0.2) is 121 Å². The van der Waals surface area contributed by atoms with Crippen LogP contribution >= 0.6 is 0 Å². The molecule has 12 aromatic rings. The van der Waals surface area contributed by atoms with E-state index in [0.29, 0.717) is 264 Å². The standard InChI is InChI=1S/2C20H10.4C10H20O5.C6H14.2Rb/c2*1-2-12-5-6-14-9-10-15-8-7-13-4-3-11(1)16-17(12)19(14)20(15)18(13)16;4*1-2-12-5-6-14-9-10-15-8-7-13-4-3-11-1;1-3-5-6-4-2;;/h2*1-10H;4*1-10H2;3-6H2,1-2H3;;. The van der Waals surface area contributed by atoms with Crippen molar-refractivity contribution in [3.05, 3.63) is 121 Å². The van der Waals surface area contributed by atoms with Crippen molar-refractivity contribution in [1.29, 1.82) is 0 Å². The Labute approximate surface area is 735 Å². The van der Waals surface area contributed by atoms with Gasteiger partial charge in [-0.1, -0.05) is 161 Å². The molecule has 22 heteroatoms. The van der Waals surface area contributed by atoms with E-state index in [2.05, 4.69) is 135 Å². The molecule has 4 fully saturated rings. The molecule has 12 aromatic carbocycles. The van der Waals surface area contributed by atoms with Crippen molar-refractivity contribution in [1.82, 2.24) is 0 Å². The largest absolute Gasteiger partial charge is 0.377 e. The van der Waals surface area contributed by atoms with Gasteiger partial charge in [0.15, 0.2) is 0 Å². The summed E-state index contributed by atoms with van der Waals surface area (Å²) in [7, 11) is 0. The molecule has 0 N–H and O–H groups in total. The first-order valence-electron chi connectivity index (χ1n) is 38.6. The predicted molar refractivity (Wildman–Crippen MR) is 433 cm³/mol. The van der Waals surface area contributed by atoms with Crippen molar-refractivity contribution in [2.75, 3.05) is 264 Å². The molecule has 4 aliphatic rings. The van der Waals surface area contributed by atoms with Crippen LogP contribution in [0.4, 0.5) is 0 Å². The van der Waals surface area contributed by atoms with Crippen LogP contribution < -0.4 is 0 Å². The van der Waals surface area contributed by atoms with Gasteiger partial charge in [0.2, 0.25) is 0 Å². The normalized spacial score (nSPS) is 18.6. The second-order valence-electron chi connectivity index (χ2n) is 25.6. The fourth-order valence-corrected chi connectivity index (χ4v) is 13.1. The third-order valence-corrected chi connectivity index (χ3v) is 18.2. The molecule has 580 valence electrons. The molecule has 0 bridgehead atoms. The minimum Gasteiger partial charge on any atom is -0.377 e. The fourth-order valence-electron chi connectivity index (χ4n) is 13.1. The number of rotatable bonds is 3. The van der Waals surface area contributed by atoms with E-state index in [1.807, 2.05) is 0 Å². The van der Waals surface area contributed by atoms with Gasteiger partial charge in [0, 0.05) is 116 Å². The molecule has 0 unspecified atom stereocenters. The third-order valence-electron chi connectivity index (χ3n) is 18.2. The van der Waals surface area contributed by atoms with Crippen molar-refractivity contribution >= 4 is 224 Å². The molecule has 20 nitrogen and oxygen atoms in total. The summed E-state index contributed by atoms with van der Waals surface area (Å²) in [6.45, 7) is 28.9. The number of ether oxygens (including phenoxy) is 20. The molecule has 0 amide bonds. The summed E-state index contributed by atoms with van der Waals surface area (Å²) in [5.41, 5.74) is 0. The van der Waals surface area contributed by atoms with Crippen LogP contribution in [-0.2, 0) is 94.7 Å². The van der Waals surface area contributed by atoms with E-state index in [4.69, 9.17) is 94.7 Å². The predicted octanol–water partition coefficient (Wildman–Crippen LogP) is 13.7. The van der Waals surface area contributed by atoms with Crippen LogP contribution in [0.5, 0.6) is 0 Å². The van der Waals surface area contributed by atoms with Crippen LogP contribution in [0.1, 0.15) is 39.5 Å². The number of hydrogen-bond acceptors (Lipinski definition) is 20. The Morgan fingerprint density at radius 1 is 0.139 bits per heavy atom. The number of hydrogen-bond donors (Lipinski definition) is 0. The molecule has 0 aromatic heterocycles. The van der Waals surface area contributed by atoms with E-state index < -0.39 is 0 Å². The van der Waals surface area contributed by atoms with Gasteiger partial charge >= 0.3 is 0 Å². The number of benzene rings is 10. The van der Waals surface area contributed by atoms with Crippen LogP contribution in [0, 0.1) is 0 Å². The van der Waals surface area contributed by atoms with Crippen LogP contribution in [-0.4, -0.2) is 381 Å². The van der Waals surface area contributed by atoms with Gasteiger partial charge in [-0.3, -0.25) is 0 Å². The maximum Gasteiger partial charge on any atom is 0.0701 e. The first kappa shape index (κ1) is 91.1. The Kier molecular flexibility index (Phi) is 47.3. The van der Waals surface area contributed by atoms with Gasteiger partial charge in [-0.05, 0) is 108 Å². The smallest absolute Gasteiger partial charge is 0.0701 e. The second-order valence-corrected chi connectivity index (χ2v) is 25.6. The van der Waals surface area contributed by atoms with E-state index >= 15 is 0 Å². The summed E-state index contributed by atoms with van der Waals surface area (Å²) in [6.07, 6.45) is 5.54. The van der Waals surface area contributed by atoms with Crippen LogP contribution in [0.25, 0.3) is 108 Å². The quantitative estimate of drug-likeness (QED) is 0.120. The molecule has 4 saturated heterocycles. The molecule has 4 aliphatic heterocycles. The topological polar surface area (TPSA) is 185 Å². The average molecular weight is 1640 g/mol. The molecule has 0 spiro atoms. The summed E-state index contributed by atoms with van der Waals surface area (Å²) >= 11 is 0. The molecule has 0 atom stereocenters. The zero-order valence-corrected chi connectivity index (χ0v) is 74.7. The van der Waals surface area contributed by atoms with Crippen molar-refractivity contribution in [2.45, 2.75) is 39.5 Å². The van der Waals surface area contributed by atoms with Crippen LogP contribution in [0.2, 0.25) is 0 Å². The summed E-state index contributed by atoms with van der Waals surface area (Å²) in [5.74, 6) is 0. The maximum atomic E-state index is 5.28. The maximum absolute atomic E-state index is 5.28. The van der Waals surface area contributed by atoms with Gasteiger partial charge in [-0.25, -0.2) is 0 Å². The molecule has 2 radical (unpaired) electrons. The summed E-state index contributed by atoms with van der Waals surface area (Å²) in [5, 5.41) is 28.2. The average Bonchev–Trinajstić information content (AvgIpc) is 1.55. The van der Waals surface area contributed by atoms with Crippen molar-refractivity contribution in [3.8, 4) is 0 Å². The molecule has 108 heavy (non-hydrogen) atoms. The Balaban J connectivity index is 0.000000161. The zero-order valence-electron chi connectivity index (χ0n) is 64.8. The Morgan fingerprint density at radius 2 is 0.204 bits per heavy atom. The monoisotopic (exact) mass is 1640 g/mol. The van der Waals surface area contributed by atoms with E-state index in [0.717, 1.165) is 0 Å². The molecular formula is C86H114O20Rb2. The van der Waals surface area contributed by atoms with Crippen LogP contribution in [0.3, 0.4) is 0 Å². The summed E-state index contributed by atoms with van der Waals surface area (Å²) in [4.78, 5) is 0. The number of unbranched alkanes of at least 4 members (excludes halogenated alkanes) is 3. The van der Waals surface area contributed by atoms with E-state index in [1.54, 1.807) is 0 Å². The van der Waals surface area contributed by atoms with Gasteiger partial charge in [-0.2, -0.15) is 0 Å². The SMILES string of the molecule is C1COCCOCCOCCOCCO1.C1COCCOCCOCCOCCO1.C1COCCOCCOCCOCCO1.C1COCCOCCOCCOCCO1.CCCCCC.[Rb].[Rb].c1cc2ccc3ccc4ccc5ccc1c1c2c3c4c51.c1cc2ccc3ccc4ccc5ccc1c1c2c3c4c51.